The molecule has 0 fully saturated rings. The molecule has 0 saturated heterocycles. The second-order valence-corrected chi connectivity index (χ2v) is 4.51. The van der Waals surface area contributed by atoms with E-state index in [2.05, 4.69) is 0 Å². The van der Waals surface area contributed by atoms with E-state index >= 15 is 0 Å². The maximum Gasteiger partial charge on any atom is 0.188 e. The minimum Gasteiger partial charge on any atom is -0.300 e. The molecule has 0 radical (unpaired) electrons. The molecule has 2 rings (SSSR count). The number of benzene rings is 1. The van der Waals surface area contributed by atoms with Crippen molar-refractivity contribution < 1.29 is 9.59 Å². The molecule has 17 heavy (non-hydrogen) atoms. The Bertz CT molecular complexity index is 457. The molecule has 88 valence electrons. The highest BCUT2D eigenvalue weighted by molar-refractivity contribution is 6.09. The fourth-order valence-corrected chi connectivity index (χ4v) is 2.22. The highest BCUT2D eigenvalue weighted by Gasteiger charge is 2.23. The van der Waals surface area contributed by atoms with Gasteiger partial charge in [-0.25, -0.2) is 0 Å². The summed E-state index contributed by atoms with van der Waals surface area (Å²) in [6.07, 6.45) is 4.29. The first-order valence-electron chi connectivity index (χ1n) is 5.97. The minimum atomic E-state index is 0.0302. The number of carbonyl (C=O) groups excluding carboxylic acids is 2. The molecule has 0 aromatic heterocycles. The van der Waals surface area contributed by atoms with Gasteiger partial charge in [0, 0.05) is 11.5 Å². The predicted octanol–water partition coefficient (Wildman–Crippen LogP) is 3.18. The van der Waals surface area contributed by atoms with Gasteiger partial charge in [-0.05, 0) is 31.8 Å². The van der Waals surface area contributed by atoms with Crippen molar-refractivity contribution in [1.82, 2.24) is 0 Å². The van der Waals surface area contributed by atoms with Crippen LogP contribution in [0.2, 0.25) is 0 Å². The molecule has 0 spiro atoms. The van der Waals surface area contributed by atoms with Gasteiger partial charge in [-0.1, -0.05) is 36.4 Å². The molecule has 2 heteroatoms. The molecule has 1 unspecified atom stereocenters. The Kier molecular flexibility index (Phi) is 3.52. The lowest BCUT2D eigenvalue weighted by Gasteiger charge is -2.19. The molecule has 1 atom stereocenters. The number of Topliss-reactive ketones (excluding diaryl/α,β-unsaturated/α-hetero) is 2. The monoisotopic (exact) mass is 228 g/mol. The Morgan fingerprint density at radius 3 is 2.53 bits per heavy atom. The molecule has 0 N–H and O–H groups in total. The Balaban J connectivity index is 2.16. The number of rotatable bonds is 3. The number of carbonyl (C=O) groups is 2. The Hall–Kier alpha value is -1.70. The fourth-order valence-electron chi connectivity index (χ4n) is 2.22. The van der Waals surface area contributed by atoms with Gasteiger partial charge in [-0.15, -0.1) is 0 Å². The van der Waals surface area contributed by atoms with Crippen LogP contribution in [0.5, 0.6) is 0 Å². The maximum absolute atomic E-state index is 12.2. The lowest BCUT2D eigenvalue weighted by atomic mass is 9.83. The van der Waals surface area contributed by atoms with Crippen molar-refractivity contribution in [3.63, 3.8) is 0 Å². The standard InChI is InChI=1S/C15H16O2/c1-11(16)13-8-5-9-14(10-13)15(17)12-6-3-2-4-7-12/h2-4,6-7,9,13H,5,8,10H2,1H3. The zero-order chi connectivity index (χ0) is 12.3. The van der Waals surface area contributed by atoms with Gasteiger partial charge in [0.05, 0.1) is 0 Å². The Labute approximate surface area is 101 Å². The van der Waals surface area contributed by atoms with Crippen LogP contribution < -0.4 is 0 Å². The van der Waals surface area contributed by atoms with Crippen LogP contribution in [-0.2, 0) is 4.79 Å². The van der Waals surface area contributed by atoms with E-state index in [4.69, 9.17) is 0 Å². The molecule has 0 amide bonds. The Morgan fingerprint density at radius 2 is 1.88 bits per heavy atom. The Morgan fingerprint density at radius 1 is 1.18 bits per heavy atom. The van der Waals surface area contributed by atoms with Crippen molar-refractivity contribution >= 4 is 11.6 Å². The van der Waals surface area contributed by atoms with Crippen LogP contribution in [0.3, 0.4) is 0 Å². The molecule has 1 aliphatic carbocycles. The maximum atomic E-state index is 12.2. The fraction of sp³-hybridized carbons (Fsp3) is 0.333. The molecule has 1 aromatic rings. The van der Waals surface area contributed by atoms with Crippen LogP contribution in [0, 0.1) is 5.92 Å². The normalized spacial score (nSPS) is 19.6. The molecular weight excluding hydrogens is 212 g/mol. The molecule has 1 aliphatic rings. The zero-order valence-electron chi connectivity index (χ0n) is 9.98. The highest BCUT2D eigenvalue weighted by atomic mass is 16.1. The van der Waals surface area contributed by atoms with Gasteiger partial charge in [0.15, 0.2) is 5.78 Å². The molecule has 2 nitrogen and oxygen atoms in total. The van der Waals surface area contributed by atoms with E-state index < -0.39 is 0 Å². The van der Waals surface area contributed by atoms with Crippen LogP contribution in [-0.4, -0.2) is 11.6 Å². The third kappa shape index (κ3) is 2.70. The summed E-state index contributed by atoms with van der Waals surface area (Å²) in [5, 5.41) is 0. The number of hydrogen-bond donors (Lipinski definition) is 0. The van der Waals surface area contributed by atoms with Gasteiger partial charge in [-0.2, -0.15) is 0 Å². The quantitative estimate of drug-likeness (QED) is 0.744. The van der Waals surface area contributed by atoms with E-state index in [1.54, 1.807) is 6.92 Å². The summed E-state index contributed by atoms with van der Waals surface area (Å²) < 4.78 is 0. The highest BCUT2D eigenvalue weighted by Crippen LogP contribution is 2.27. The first kappa shape index (κ1) is 11.8. The van der Waals surface area contributed by atoms with E-state index in [0.29, 0.717) is 12.0 Å². The SMILES string of the molecule is CC(=O)C1CCC=C(C(=O)c2ccccc2)C1. The minimum absolute atomic E-state index is 0.0302. The molecule has 0 heterocycles. The second-order valence-electron chi connectivity index (χ2n) is 4.51. The topological polar surface area (TPSA) is 34.1 Å². The summed E-state index contributed by atoms with van der Waals surface area (Å²) in [5.41, 5.74) is 1.51. The predicted molar refractivity (Wildman–Crippen MR) is 66.9 cm³/mol. The van der Waals surface area contributed by atoms with E-state index in [-0.39, 0.29) is 17.5 Å². The van der Waals surface area contributed by atoms with Crippen molar-refractivity contribution in [3.8, 4) is 0 Å². The average Bonchev–Trinajstić information content (AvgIpc) is 2.39. The summed E-state index contributed by atoms with van der Waals surface area (Å²) in [6.45, 7) is 1.61. The first-order chi connectivity index (χ1) is 8.18. The van der Waals surface area contributed by atoms with E-state index in [1.807, 2.05) is 36.4 Å². The lowest BCUT2D eigenvalue weighted by Crippen LogP contribution is -2.18. The first-order valence-corrected chi connectivity index (χ1v) is 5.97. The van der Waals surface area contributed by atoms with Crippen molar-refractivity contribution in [2.24, 2.45) is 5.92 Å². The third-order valence-corrected chi connectivity index (χ3v) is 3.27. The van der Waals surface area contributed by atoms with E-state index in [1.165, 1.54) is 0 Å². The van der Waals surface area contributed by atoms with E-state index in [0.717, 1.165) is 18.4 Å². The van der Waals surface area contributed by atoms with Gasteiger partial charge in [0.2, 0.25) is 0 Å². The van der Waals surface area contributed by atoms with Crippen molar-refractivity contribution in [2.75, 3.05) is 0 Å². The summed E-state index contributed by atoms with van der Waals surface area (Å²) in [4.78, 5) is 23.6. The third-order valence-electron chi connectivity index (χ3n) is 3.27. The number of allylic oxidation sites excluding steroid dienone is 2. The molecule has 1 aromatic carbocycles. The van der Waals surface area contributed by atoms with Gasteiger partial charge in [-0.3, -0.25) is 9.59 Å². The van der Waals surface area contributed by atoms with Gasteiger partial charge in [0.25, 0.3) is 0 Å². The summed E-state index contributed by atoms with van der Waals surface area (Å²) in [7, 11) is 0. The van der Waals surface area contributed by atoms with Gasteiger partial charge >= 0.3 is 0 Å². The summed E-state index contributed by atoms with van der Waals surface area (Å²) >= 11 is 0. The van der Waals surface area contributed by atoms with Crippen LogP contribution in [0.25, 0.3) is 0 Å². The molecular formula is C15H16O2. The van der Waals surface area contributed by atoms with Crippen LogP contribution in [0.4, 0.5) is 0 Å². The number of ketones is 2. The van der Waals surface area contributed by atoms with E-state index in [9.17, 15) is 9.59 Å². The van der Waals surface area contributed by atoms with Gasteiger partial charge < -0.3 is 0 Å². The molecule has 0 aliphatic heterocycles. The second kappa shape index (κ2) is 5.09. The smallest absolute Gasteiger partial charge is 0.188 e. The van der Waals surface area contributed by atoms with Crippen molar-refractivity contribution in [3.05, 3.63) is 47.5 Å². The summed E-state index contributed by atoms with van der Waals surface area (Å²) in [5.74, 6) is 0.288. The van der Waals surface area contributed by atoms with Crippen LogP contribution in [0.15, 0.2) is 42.0 Å². The van der Waals surface area contributed by atoms with Crippen molar-refractivity contribution in [1.29, 1.82) is 0 Å². The lowest BCUT2D eigenvalue weighted by molar-refractivity contribution is -0.120. The average molecular weight is 228 g/mol. The molecule has 0 saturated carbocycles. The van der Waals surface area contributed by atoms with Gasteiger partial charge in [0.1, 0.15) is 5.78 Å². The largest absolute Gasteiger partial charge is 0.300 e. The van der Waals surface area contributed by atoms with Crippen molar-refractivity contribution in [2.45, 2.75) is 26.2 Å². The zero-order valence-corrected chi connectivity index (χ0v) is 9.98. The molecule has 0 bridgehead atoms. The van der Waals surface area contributed by atoms with Crippen LogP contribution >= 0.6 is 0 Å². The van der Waals surface area contributed by atoms with Crippen LogP contribution in [0.1, 0.15) is 36.5 Å². The number of hydrogen-bond acceptors (Lipinski definition) is 2. The summed E-state index contributed by atoms with van der Waals surface area (Å²) in [6, 6.07) is 9.25.